The molecule has 2 heteroatoms. The highest BCUT2D eigenvalue weighted by molar-refractivity contribution is 4.87. The van der Waals surface area contributed by atoms with Gasteiger partial charge in [-0.3, -0.25) is 0 Å². The molecule has 0 radical (unpaired) electrons. The Hall–Kier alpha value is -0.560. The summed E-state index contributed by atoms with van der Waals surface area (Å²) in [7, 11) is 0. The summed E-state index contributed by atoms with van der Waals surface area (Å²) in [6.45, 7) is 4.12. The highest BCUT2D eigenvalue weighted by atomic mass is 14.6. The third-order valence-electron chi connectivity index (χ3n) is 1.07. The van der Waals surface area contributed by atoms with Gasteiger partial charge in [-0.05, 0) is 25.5 Å². The summed E-state index contributed by atoms with van der Waals surface area (Å²) in [5.74, 6) is 0. The van der Waals surface area contributed by atoms with E-state index in [-0.39, 0.29) is 6.04 Å². The van der Waals surface area contributed by atoms with E-state index >= 15 is 0 Å². The van der Waals surface area contributed by atoms with Crippen LogP contribution in [0.2, 0.25) is 0 Å². The molecule has 52 valence electrons. The van der Waals surface area contributed by atoms with Crippen molar-refractivity contribution in [3.8, 4) is 0 Å². The van der Waals surface area contributed by atoms with Gasteiger partial charge < -0.3 is 11.5 Å². The van der Waals surface area contributed by atoms with Crippen LogP contribution in [0.25, 0.3) is 0 Å². The number of hydrogen-bond acceptors (Lipinski definition) is 2. The maximum absolute atomic E-state index is 5.56. The third-order valence-corrected chi connectivity index (χ3v) is 1.07. The molecule has 0 spiro atoms. The van der Waals surface area contributed by atoms with Gasteiger partial charge in [0.2, 0.25) is 0 Å². The molecule has 0 aromatic rings. The Bertz CT molecular complexity index is 103. The second-order valence-corrected chi connectivity index (χ2v) is 1.97. The monoisotopic (exact) mass is 126 g/mol. The van der Waals surface area contributed by atoms with E-state index < -0.39 is 0 Å². The molecule has 0 fully saturated rings. The third kappa shape index (κ3) is 5.31. The lowest BCUT2D eigenvalue weighted by atomic mass is 10.2. The molecule has 0 heterocycles. The predicted octanol–water partition coefficient (Wildman–Crippen LogP) is 0.394. The van der Waals surface area contributed by atoms with Crippen molar-refractivity contribution in [1.29, 1.82) is 0 Å². The lowest BCUT2D eigenvalue weighted by Crippen LogP contribution is -2.17. The van der Waals surface area contributed by atoms with E-state index in [0.29, 0.717) is 6.54 Å². The Labute approximate surface area is 56.2 Å². The summed E-state index contributed by atoms with van der Waals surface area (Å²) in [6.07, 6.45) is 3.66. The van der Waals surface area contributed by atoms with Gasteiger partial charge in [-0.2, -0.15) is 0 Å². The van der Waals surface area contributed by atoms with E-state index in [0.717, 1.165) is 12.8 Å². The molecule has 0 saturated heterocycles. The van der Waals surface area contributed by atoms with Gasteiger partial charge in [0, 0.05) is 6.04 Å². The van der Waals surface area contributed by atoms with Crippen molar-refractivity contribution in [3.05, 3.63) is 18.4 Å². The molecule has 0 amide bonds. The van der Waals surface area contributed by atoms with Gasteiger partial charge in [0.05, 0.1) is 0 Å². The first-order valence-corrected chi connectivity index (χ1v) is 3.13. The zero-order valence-electron chi connectivity index (χ0n) is 5.64. The van der Waals surface area contributed by atoms with Crippen molar-refractivity contribution in [2.45, 2.75) is 18.9 Å². The molecule has 0 aliphatic heterocycles. The van der Waals surface area contributed by atoms with Crippen molar-refractivity contribution >= 4 is 0 Å². The fraction of sp³-hybridized carbons (Fsp3) is 0.571. The molecule has 0 aliphatic carbocycles. The van der Waals surface area contributed by atoms with Gasteiger partial charge >= 0.3 is 0 Å². The first-order chi connectivity index (χ1) is 4.31. The van der Waals surface area contributed by atoms with Gasteiger partial charge in [-0.15, -0.1) is 5.73 Å². The van der Waals surface area contributed by atoms with Gasteiger partial charge in [0.1, 0.15) is 0 Å². The molecule has 0 aromatic carbocycles. The maximum atomic E-state index is 5.56. The quantitative estimate of drug-likeness (QED) is 0.535. The molecule has 0 rings (SSSR count). The van der Waals surface area contributed by atoms with Crippen LogP contribution in [0.4, 0.5) is 0 Å². The van der Waals surface area contributed by atoms with E-state index in [1.54, 1.807) is 6.08 Å². The Morgan fingerprint density at radius 2 is 2.33 bits per heavy atom. The fourth-order valence-corrected chi connectivity index (χ4v) is 0.588. The smallest absolute Gasteiger partial charge is 0.0299 e. The summed E-state index contributed by atoms with van der Waals surface area (Å²) in [4.78, 5) is 0. The molecular weight excluding hydrogens is 112 g/mol. The van der Waals surface area contributed by atoms with Crippen LogP contribution in [0, 0.1) is 0 Å². The van der Waals surface area contributed by atoms with Gasteiger partial charge in [-0.1, -0.05) is 6.58 Å². The van der Waals surface area contributed by atoms with Gasteiger partial charge in [0.15, 0.2) is 0 Å². The first kappa shape index (κ1) is 8.44. The van der Waals surface area contributed by atoms with Crippen LogP contribution in [0.15, 0.2) is 18.4 Å². The summed E-state index contributed by atoms with van der Waals surface area (Å²) >= 11 is 0. The SMILES string of the molecule is C=C=C[C@H](N)CCCN. The van der Waals surface area contributed by atoms with Crippen LogP contribution in [0.3, 0.4) is 0 Å². The number of hydrogen-bond donors (Lipinski definition) is 2. The zero-order chi connectivity index (χ0) is 7.11. The van der Waals surface area contributed by atoms with E-state index in [1.165, 1.54) is 0 Å². The minimum atomic E-state index is 0.0889. The summed E-state index contributed by atoms with van der Waals surface area (Å²) in [5, 5.41) is 0. The molecule has 0 aliphatic rings. The van der Waals surface area contributed by atoms with Crippen LogP contribution in [-0.2, 0) is 0 Å². The lowest BCUT2D eigenvalue weighted by molar-refractivity contribution is 0.675. The van der Waals surface area contributed by atoms with Crippen LogP contribution in [0.1, 0.15) is 12.8 Å². The Kier molecular flexibility index (Phi) is 5.23. The number of nitrogens with two attached hydrogens (primary N) is 2. The second kappa shape index (κ2) is 5.57. The standard InChI is InChI=1S/C7H14N2/c1-2-4-7(9)5-3-6-8/h4,7H,1,3,5-6,8-9H2/t7-/m0/s1. The average Bonchev–Trinajstić information content (AvgIpc) is 1.85. The molecular formula is C7H14N2. The maximum Gasteiger partial charge on any atom is 0.0299 e. The molecule has 2 nitrogen and oxygen atoms in total. The van der Waals surface area contributed by atoms with Crippen molar-refractivity contribution < 1.29 is 0 Å². The van der Waals surface area contributed by atoms with Crippen molar-refractivity contribution in [2.75, 3.05) is 6.54 Å². The highest BCUT2D eigenvalue weighted by Crippen LogP contribution is 1.91. The highest BCUT2D eigenvalue weighted by Gasteiger charge is 1.93. The van der Waals surface area contributed by atoms with Crippen molar-refractivity contribution in [3.63, 3.8) is 0 Å². The van der Waals surface area contributed by atoms with Gasteiger partial charge in [0.25, 0.3) is 0 Å². The molecule has 1 atom stereocenters. The first-order valence-electron chi connectivity index (χ1n) is 3.13. The lowest BCUT2D eigenvalue weighted by Gasteiger charge is -2.01. The van der Waals surface area contributed by atoms with E-state index in [4.69, 9.17) is 11.5 Å². The van der Waals surface area contributed by atoms with Crippen LogP contribution < -0.4 is 11.5 Å². The van der Waals surface area contributed by atoms with Crippen LogP contribution >= 0.6 is 0 Å². The summed E-state index contributed by atoms with van der Waals surface area (Å²) in [6, 6.07) is 0.0889. The van der Waals surface area contributed by atoms with E-state index in [2.05, 4.69) is 12.3 Å². The normalized spacial score (nSPS) is 12.2. The van der Waals surface area contributed by atoms with E-state index in [1.807, 2.05) is 0 Å². The molecule has 0 bridgehead atoms. The number of rotatable bonds is 4. The largest absolute Gasteiger partial charge is 0.330 e. The van der Waals surface area contributed by atoms with E-state index in [9.17, 15) is 0 Å². The van der Waals surface area contributed by atoms with Crippen LogP contribution in [-0.4, -0.2) is 12.6 Å². The second-order valence-electron chi connectivity index (χ2n) is 1.97. The Balaban J connectivity index is 3.26. The fourth-order valence-electron chi connectivity index (χ4n) is 0.588. The molecule has 0 aromatic heterocycles. The molecule has 4 N–H and O–H groups in total. The average molecular weight is 126 g/mol. The van der Waals surface area contributed by atoms with Gasteiger partial charge in [-0.25, -0.2) is 0 Å². The zero-order valence-corrected chi connectivity index (χ0v) is 5.64. The topological polar surface area (TPSA) is 52.0 Å². The van der Waals surface area contributed by atoms with Crippen LogP contribution in [0.5, 0.6) is 0 Å². The molecule has 0 saturated carbocycles. The van der Waals surface area contributed by atoms with Crippen molar-refractivity contribution in [1.82, 2.24) is 0 Å². The summed E-state index contributed by atoms with van der Waals surface area (Å²) < 4.78 is 0. The predicted molar refractivity (Wildman–Crippen MR) is 40.0 cm³/mol. The molecule has 0 unspecified atom stereocenters. The minimum absolute atomic E-state index is 0.0889. The minimum Gasteiger partial charge on any atom is -0.330 e. The van der Waals surface area contributed by atoms with Crippen molar-refractivity contribution in [2.24, 2.45) is 11.5 Å². The molecule has 9 heavy (non-hydrogen) atoms. The summed E-state index contributed by atoms with van der Waals surface area (Å²) in [5.41, 5.74) is 13.5. The Morgan fingerprint density at radius 1 is 1.67 bits per heavy atom. The Morgan fingerprint density at radius 3 is 2.78 bits per heavy atom.